The average Bonchev–Trinajstić information content (AvgIpc) is 3.35. The van der Waals surface area contributed by atoms with Crippen molar-refractivity contribution in [2.75, 3.05) is 43.5 Å². The molecule has 12 heteroatoms. The molecule has 2 aromatic heterocycles. The second kappa shape index (κ2) is 11.3. The molecule has 5 rings (SSSR count). The Bertz CT molecular complexity index is 1670. The fourth-order valence-corrected chi connectivity index (χ4v) is 5.15. The second-order valence-electron chi connectivity index (χ2n) is 9.72. The SMILES string of the molecule is COC(=O)Cc1ccc(NC(=S)N2CCN(c3nc4c(c(=O)n(C)c(=O)n4C)n3Cc3ccccc3)CC2)cc1. The van der Waals surface area contributed by atoms with Crippen LogP contribution in [0.4, 0.5) is 11.6 Å². The van der Waals surface area contributed by atoms with Crippen molar-refractivity contribution in [2.45, 2.75) is 13.0 Å². The van der Waals surface area contributed by atoms with Crippen molar-refractivity contribution in [1.82, 2.24) is 23.6 Å². The number of hydrogen-bond donors (Lipinski definition) is 1. The van der Waals surface area contributed by atoms with Gasteiger partial charge < -0.3 is 19.9 Å². The Morgan fingerprint density at radius 3 is 2.27 bits per heavy atom. The molecule has 11 nitrogen and oxygen atoms in total. The summed E-state index contributed by atoms with van der Waals surface area (Å²) in [5, 5.41) is 3.88. The van der Waals surface area contributed by atoms with Gasteiger partial charge in [0.05, 0.1) is 20.1 Å². The van der Waals surface area contributed by atoms with Gasteiger partial charge in [-0.25, -0.2) is 4.79 Å². The van der Waals surface area contributed by atoms with Crippen LogP contribution in [-0.2, 0) is 36.6 Å². The first kappa shape index (κ1) is 27.1. The lowest BCUT2D eigenvalue weighted by Gasteiger charge is -2.36. The van der Waals surface area contributed by atoms with Gasteiger partial charge in [-0.05, 0) is 35.5 Å². The van der Waals surface area contributed by atoms with E-state index in [0.29, 0.717) is 54.9 Å². The summed E-state index contributed by atoms with van der Waals surface area (Å²) in [6.07, 6.45) is 0.221. The van der Waals surface area contributed by atoms with Gasteiger partial charge in [-0.1, -0.05) is 42.5 Å². The highest BCUT2D eigenvalue weighted by atomic mass is 32.1. The number of imidazole rings is 1. The number of nitrogens with zero attached hydrogens (tertiary/aromatic N) is 6. The molecule has 1 aliphatic heterocycles. The zero-order chi connectivity index (χ0) is 28.4. The number of aryl methyl sites for hydroxylation is 1. The summed E-state index contributed by atoms with van der Waals surface area (Å²) in [6, 6.07) is 17.4. The van der Waals surface area contributed by atoms with Gasteiger partial charge in [0.1, 0.15) is 0 Å². The standard InChI is InChI=1S/C28H31N7O4S/c1-31-24-23(25(37)32(2)28(31)38)35(18-20-7-5-4-6-8-20)26(30-24)33-13-15-34(16-14-33)27(40)29-21-11-9-19(10-12-21)17-22(36)39-3/h4-12H,13-18H2,1-3H3,(H,29,40). The Morgan fingerprint density at radius 1 is 0.950 bits per heavy atom. The molecular formula is C28H31N7O4S. The number of piperazine rings is 1. The van der Waals surface area contributed by atoms with Crippen LogP contribution in [0.3, 0.4) is 0 Å². The number of rotatable bonds is 6. The molecule has 0 bridgehead atoms. The van der Waals surface area contributed by atoms with E-state index in [9.17, 15) is 14.4 Å². The smallest absolute Gasteiger partial charge is 0.332 e. The summed E-state index contributed by atoms with van der Waals surface area (Å²) >= 11 is 5.68. The number of carbonyl (C=O) groups is 1. The van der Waals surface area contributed by atoms with Gasteiger partial charge in [-0.3, -0.25) is 23.3 Å². The third-order valence-electron chi connectivity index (χ3n) is 7.14. The Labute approximate surface area is 236 Å². The maximum Gasteiger partial charge on any atom is 0.332 e. The fraction of sp³-hybridized carbons (Fsp3) is 0.321. The maximum atomic E-state index is 13.2. The van der Waals surface area contributed by atoms with Crippen LogP contribution in [0.2, 0.25) is 0 Å². The normalized spacial score (nSPS) is 13.5. The summed E-state index contributed by atoms with van der Waals surface area (Å²) in [5.74, 6) is 0.367. The molecule has 0 radical (unpaired) electrons. The molecule has 2 aromatic carbocycles. The first-order chi connectivity index (χ1) is 19.3. The van der Waals surface area contributed by atoms with Crippen molar-refractivity contribution < 1.29 is 9.53 Å². The van der Waals surface area contributed by atoms with Crippen LogP contribution in [0, 0.1) is 0 Å². The van der Waals surface area contributed by atoms with Crippen molar-refractivity contribution in [3.05, 3.63) is 86.6 Å². The van der Waals surface area contributed by atoms with E-state index in [1.165, 1.54) is 18.7 Å². The predicted octanol–water partition coefficient (Wildman–Crippen LogP) is 1.72. The summed E-state index contributed by atoms with van der Waals surface area (Å²) in [7, 11) is 4.50. The minimum atomic E-state index is -0.409. The van der Waals surface area contributed by atoms with Crippen molar-refractivity contribution in [2.24, 2.45) is 14.1 Å². The number of benzene rings is 2. The number of methoxy groups -OCH3 is 1. The minimum absolute atomic E-state index is 0.221. The zero-order valence-electron chi connectivity index (χ0n) is 22.7. The van der Waals surface area contributed by atoms with E-state index >= 15 is 0 Å². The van der Waals surface area contributed by atoms with E-state index in [0.717, 1.165) is 21.4 Å². The zero-order valence-corrected chi connectivity index (χ0v) is 23.5. The molecule has 1 aliphatic rings. The summed E-state index contributed by atoms with van der Waals surface area (Å²) in [4.78, 5) is 46.4. The van der Waals surface area contributed by atoms with Crippen molar-refractivity contribution in [3.63, 3.8) is 0 Å². The van der Waals surface area contributed by atoms with Gasteiger partial charge in [0, 0.05) is 46.0 Å². The first-order valence-electron chi connectivity index (χ1n) is 12.9. The molecule has 4 aromatic rings. The molecule has 3 heterocycles. The molecule has 0 atom stereocenters. The topological polar surface area (TPSA) is 107 Å². The van der Waals surface area contributed by atoms with Gasteiger partial charge in [-0.2, -0.15) is 4.98 Å². The Kier molecular flexibility index (Phi) is 7.69. The lowest BCUT2D eigenvalue weighted by atomic mass is 10.1. The predicted molar refractivity (Wildman–Crippen MR) is 158 cm³/mol. The molecule has 1 N–H and O–H groups in total. The van der Waals surface area contributed by atoms with Crippen LogP contribution in [0.1, 0.15) is 11.1 Å². The molecule has 1 fully saturated rings. The quantitative estimate of drug-likeness (QED) is 0.278. The molecule has 0 aliphatic carbocycles. The summed E-state index contributed by atoms with van der Waals surface area (Å²) in [5.41, 5.74) is 2.72. The number of esters is 1. The number of hydrogen-bond acceptors (Lipinski definition) is 7. The van der Waals surface area contributed by atoms with E-state index in [4.69, 9.17) is 21.9 Å². The van der Waals surface area contributed by atoms with E-state index < -0.39 is 5.69 Å². The summed E-state index contributed by atoms with van der Waals surface area (Å²) in [6.45, 7) is 3.01. The molecule has 208 valence electrons. The van der Waals surface area contributed by atoms with Crippen LogP contribution in [-0.4, -0.2) is 68.0 Å². The average molecular weight is 562 g/mol. The molecule has 0 unspecified atom stereocenters. The Morgan fingerprint density at radius 2 is 1.62 bits per heavy atom. The second-order valence-corrected chi connectivity index (χ2v) is 10.1. The molecule has 40 heavy (non-hydrogen) atoms. The third-order valence-corrected chi connectivity index (χ3v) is 7.50. The minimum Gasteiger partial charge on any atom is -0.469 e. The van der Waals surface area contributed by atoms with Crippen LogP contribution >= 0.6 is 12.2 Å². The number of nitrogens with one attached hydrogen (secondary N) is 1. The van der Waals surface area contributed by atoms with E-state index in [1.54, 1.807) is 7.05 Å². The van der Waals surface area contributed by atoms with E-state index in [-0.39, 0.29) is 17.9 Å². The lowest BCUT2D eigenvalue weighted by Crippen LogP contribution is -2.50. The van der Waals surface area contributed by atoms with E-state index in [2.05, 4.69) is 15.1 Å². The number of aromatic nitrogens is 4. The molecule has 0 saturated carbocycles. The highest BCUT2D eigenvalue weighted by molar-refractivity contribution is 7.80. The fourth-order valence-electron chi connectivity index (χ4n) is 4.85. The number of fused-ring (bicyclic) bond motifs is 1. The van der Waals surface area contributed by atoms with Crippen molar-refractivity contribution >= 4 is 46.1 Å². The Balaban J connectivity index is 1.35. The number of anilines is 2. The lowest BCUT2D eigenvalue weighted by molar-refractivity contribution is -0.139. The third kappa shape index (κ3) is 5.34. The maximum absolute atomic E-state index is 13.2. The monoisotopic (exact) mass is 561 g/mol. The van der Waals surface area contributed by atoms with Gasteiger partial charge in [-0.15, -0.1) is 0 Å². The molecule has 0 spiro atoms. The van der Waals surface area contributed by atoms with Crippen molar-refractivity contribution in [1.29, 1.82) is 0 Å². The van der Waals surface area contributed by atoms with Gasteiger partial charge in [0.25, 0.3) is 5.56 Å². The summed E-state index contributed by atoms with van der Waals surface area (Å²) < 4.78 is 9.18. The highest BCUT2D eigenvalue weighted by Gasteiger charge is 2.26. The van der Waals surface area contributed by atoms with Crippen LogP contribution < -0.4 is 21.5 Å². The molecule has 0 amide bonds. The van der Waals surface area contributed by atoms with E-state index in [1.807, 2.05) is 59.2 Å². The number of ether oxygens (including phenoxy) is 1. The van der Waals surface area contributed by atoms with Gasteiger partial charge in [0.15, 0.2) is 16.3 Å². The van der Waals surface area contributed by atoms with Crippen LogP contribution in [0.25, 0.3) is 11.2 Å². The van der Waals surface area contributed by atoms with Crippen LogP contribution in [0.5, 0.6) is 0 Å². The van der Waals surface area contributed by atoms with Crippen molar-refractivity contribution in [3.8, 4) is 0 Å². The largest absolute Gasteiger partial charge is 0.469 e. The van der Waals surface area contributed by atoms with Gasteiger partial charge >= 0.3 is 11.7 Å². The molecular weight excluding hydrogens is 530 g/mol. The Hall–Kier alpha value is -4.45. The first-order valence-corrected chi connectivity index (χ1v) is 13.3. The molecule has 1 saturated heterocycles. The van der Waals surface area contributed by atoms with Crippen LogP contribution in [0.15, 0.2) is 64.2 Å². The number of thiocarbonyl (C=S) groups is 1. The number of carbonyl (C=O) groups excluding carboxylic acids is 1. The van der Waals surface area contributed by atoms with Gasteiger partial charge in [0.2, 0.25) is 5.95 Å². The highest BCUT2D eigenvalue weighted by Crippen LogP contribution is 2.23.